The summed E-state index contributed by atoms with van der Waals surface area (Å²) in [4.78, 5) is 5.04. The molecule has 1 aliphatic heterocycles. The van der Waals surface area contributed by atoms with Crippen LogP contribution in [0.3, 0.4) is 0 Å². The third kappa shape index (κ3) is 2.80. The van der Waals surface area contributed by atoms with E-state index in [0.29, 0.717) is 0 Å². The first-order valence-electron chi connectivity index (χ1n) is 8.51. The van der Waals surface area contributed by atoms with Crippen molar-refractivity contribution in [2.45, 2.75) is 25.7 Å². The number of hydrogen-bond acceptors (Lipinski definition) is 2. The molecular weight excluding hydrogens is 263 g/mol. The molecule has 0 N–H and O–H groups in total. The maximum atomic E-state index is 13.0. The fraction of sp³-hybridized carbons (Fsp3) is 0.667. The first-order valence-corrected chi connectivity index (χ1v) is 8.51. The van der Waals surface area contributed by atoms with E-state index in [1.807, 2.05) is 12.1 Å². The van der Waals surface area contributed by atoms with Crippen LogP contribution in [-0.2, 0) is 0 Å². The van der Waals surface area contributed by atoms with Gasteiger partial charge in [-0.2, -0.15) is 0 Å². The molecule has 2 nitrogen and oxygen atoms in total. The predicted octanol–water partition coefficient (Wildman–Crippen LogP) is 3.38. The van der Waals surface area contributed by atoms with Gasteiger partial charge in [-0.1, -0.05) is 6.42 Å². The minimum absolute atomic E-state index is 0.145. The second-order valence-corrected chi connectivity index (χ2v) is 7.20. The summed E-state index contributed by atoms with van der Waals surface area (Å²) in [7, 11) is 0. The van der Waals surface area contributed by atoms with E-state index < -0.39 is 0 Å². The van der Waals surface area contributed by atoms with E-state index in [-0.39, 0.29) is 5.82 Å². The number of nitrogens with zero attached hydrogens (tertiary/aromatic N) is 2. The summed E-state index contributed by atoms with van der Waals surface area (Å²) < 4.78 is 13.0. The Morgan fingerprint density at radius 3 is 2.33 bits per heavy atom. The molecule has 3 heteroatoms. The van der Waals surface area contributed by atoms with Gasteiger partial charge in [0.1, 0.15) is 5.82 Å². The Kier molecular flexibility index (Phi) is 3.62. The van der Waals surface area contributed by atoms with Gasteiger partial charge in [0.2, 0.25) is 0 Å². The zero-order valence-electron chi connectivity index (χ0n) is 12.7. The van der Waals surface area contributed by atoms with Gasteiger partial charge in [0.05, 0.1) is 0 Å². The zero-order chi connectivity index (χ0) is 14.2. The lowest BCUT2D eigenvalue weighted by molar-refractivity contribution is 0.182. The van der Waals surface area contributed by atoms with Gasteiger partial charge in [-0.15, -0.1) is 0 Å². The summed E-state index contributed by atoms with van der Waals surface area (Å²) in [6.45, 7) is 5.79. The number of halogens is 1. The Hall–Kier alpha value is -1.09. The van der Waals surface area contributed by atoms with E-state index in [1.54, 1.807) is 12.1 Å². The van der Waals surface area contributed by atoms with Crippen molar-refractivity contribution in [1.82, 2.24) is 4.90 Å². The predicted molar refractivity (Wildman–Crippen MR) is 84.0 cm³/mol. The van der Waals surface area contributed by atoms with Crippen LogP contribution in [0.4, 0.5) is 10.1 Å². The first-order chi connectivity index (χ1) is 10.3. The number of fused-ring (bicyclic) bond motifs is 2. The molecule has 3 aliphatic rings. The molecule has 2 saturated carbocycles. The summed E-state index contributed by atoms with van der Waals surface area (Å²) in [5, 5.41) is 0. The van der Waals surface area contributed by atoms with E-state index in [9.17, 15) is 4.39 Å². The standard InChI is InChI=1S/C18H25FN2/c19-17-3-5-18(6-4-17)21-9-7-20(8-10-21)13-16-12-14-1-2-15(16)11-14/h3-6,14-16H,1-2,7-13H2. The monoisotopic (exact) mass is 288 g/mol. The summed E-state index contributed by atoms with van der Waals surface area (Å²) in [5.74, 6) is 2.92. The van der Waals surface area contributed by atoms with Crippen molar-refractivity contribution in [3.05, 3.63) is 30.1 Å². The highest BCUT2D eigenvalue weighted by molar-refractivity contribution is 5.46. The molecule has 4 rings (SSSR count). The van der Waals surface area contributed by atoms with E-state index in [4.69, 9.17) is 0 Å². The molecule has 1 heterocycles. The van der Waals surface area contributed by atoms with Crippen molar-refractivity contribution >= 4 is 5.69 Å². The van der Waals surface area contributed by atoms with Gasteiger partial charge in [-0.05, 0) is 61.3 Å². The molecule has 2 aliphatic carbocycles. The third-order valence-corrected chi connectivity index (χ3v) is 5.94. The van der Waals surface area contributed by atoms with Crippen LogP contribution >= 0.6 is 0 Å². The smallest absolute Gasteiger partial charge is 0.123 e. The maximum absolute atomic E-state index is 13.0. The van der Waals surface area contributed by atoms with Gasteiger partial charge >= 0.3 is 0 Å². The van der Waals surface area contributed by atoms with Crippen LogP contribution in [0.25, 0.3) is 0 Å². The summed E-state index contributed by atoms with van der Waals surface area (Å²) >= 11 is 0. The third-order valence-electron chi connectivity index (χ3n) is 5.94. The molecule has 1 aromatic rings. The Morgan fingerprint density at radius 1 is 0.952 bits per heavy atom. The van der Waals surface area contributed by atoms with Crippen molar-refractivity contribution in [2.75, 3.05) is 37.6 Å². The SMILES string of the molecule is Fc1ccc(N2CCN(CC3CC4CCC3C4)CC2)cc1. The molecule has 21 heavy (non-hydrogen) atoms. The second kappa shape index (κ2) is 5.60. The fourth-order valence-corrected chi connectivity index (χ4v) is 4.77. The van der Waals surface area contributed by atoms with Crippen molar-refractivity contribution in [1.29, 1.82) is 0 Å². The number of benzene rings is 1. The largest absolute Gasteiger partial charge is 0.369 e. The number of rotatable bonds is 3. The molecule has 2 bridgehead atoms. The van der Waals surface area contributed by atoms with Crippen LogP contribution < -0.4 is 4.90 Å². The highest BCUT2D eigenvalue weighted by Gasteiger charge is 2.40. The maximum Gasteiger partial charge on any atom is 0.123 e. The lowest BCUT2D eigenvalue weighted by Gasteiger charge is -2.38. The lowest BCUT2D eigenvalue weighted by atomic mass is 9.88. The van der Waals surface area contributed by atoms with Gasteiger partial charge in [-0.3, -0.25) is 4.90 Å². The average molecular weight is 288 g/mol. The van der Waals surface area contributed by atoms with Crippen LogP contribution in [0, 0.1) is 23.6 Å². The normalized spacial score (nSPS) is 32.8. The quantitative estimate of drug-likeness (QED) is 0.841. The highest BCUT2D eigenvalue weighted by atomic mass is 19.1. The number of hydrogen-bond donors (Lipinski definition) is 0. The molecule has 1 saturated heterocycles. The minimum atomic E-state index is -0.145. The van der Waals surface area contributed by atoms with Crippen molar-refractivity contribution in [3.63, 3.8) is 0 Å². The molecule has 3 atom stereocenters. The molecular formula is C18H25FN2. The Labute approximate surface area is 126 Å². The second-order valence-electron chi connectivity index (χ2n) is 7.20. The van der Waals surface area contributed by atoms with Crippen LogP contribution in [0.2, 0.25) is 0 Å². The molecule has 1 aromatic carbocycles. The zero-order valence-corrected chi connectivity index (χ0v) is 12.7. The van der Waals surface area contributed by atoms with E-state index >= 15 is 0 Å². The van der Waals surface area contributed by atoms with E-state index in [2.05, 4.69) is 9.80 Å². The van der Waals surface area contributed by atoms with Gasteiger partial charge in [0, 0.05) is 38.4 Å². The molecule has 0 spiro atoms. The van der Waals surface area contributed by atoms with Gasteiger partial charge < -0.3 is 4.90 Å². The first kappa shape index (κ1) is 13.6. The van der Waals surface area contributed by atoms with Crippen molar-refractivity contribution < 1.29 is 4.39 Å². The van der Waals surface area contributed by atoms with Crippen LogP contribution in [0.5, 0.6) is 0 Å². The molecule has 0 aromatic heterocycles. The van der Waals surface area contributed by atoms with Crippen molar-refractivity contribution in [3.8, 4) is 0 Å². The average Bonchev–Trinajstić information content (AvgIpc) is 3.12. The van der Waals surface area contributed by atoms with Crippen LogP contribution in [-0.4, -0.2) is 37.6 Å². The summed E-state index contributed by atoms with van der Waals surface area (Å²) in [5.41, 5.74) is 1.16. The van der Waals surface area contributed by atoms with Crippen LogP contribution in [0.15, 0.2) is 24.3 Å². The Balaban J connectivity index is 1.29. The summed E-state index contributed by atoms with van der Waals surface area (Å²) in [6, 6.07) is 6.94. The molecule has 0 radical (unpaired) electrons. The van der Waals surface area contributed by atoms with Crippen LogP contribution in [0.1, 0.15) is 25.7 Å². The summed E-state index contributed by atoms with van der Waals surface area (Å²) in [6.07, 6.45) is 5.99. The highest BCUT2D eigenvalue weighted by Crippen LogP contribution is 2.48. The topological polar surface area (TPSA) is 6.48 Å². The van der Waals surface area contributed by atoms with E-state index in [0.717, 1.165) is 49.6 Å². The minimum Gasteiger partial charge on any atom is -0.369 e. The Bertz CT molecular complexity index is 478. The molecule has 3 fully saturated rings. The fourth-order valence-electron chi connectivity index (χ4n) is 4.77. The van der Waals surface area contributed by atoms with Gasteiger partial charge in [-0.25, -0.2) is 4.39 Å². The lowest BCUT2D eigenvalue weighted by Crippen LogP contribution is -2.48. The molecule has 3 unspecified atom stereocenters. The van der Waals surface area contributed by atoms with Gasteiger partial charge in [0.25, 0.3) is 0 Å². The molecule has 0 amide bonds. The van der Waals surface area contributed by atoms with E-state index in [1.165, 1.54) is 32.2 Å². The molecule has 114 valence electrons. The van der Waals surface area contributed by atoms with Crippen molar-refractivity contribution in [2.24, 2.45) is 17.8 Å². The van der Waals surface area contributed by atoms with Gasteiger partial charge in [0.15, 0.2) is 0 Å². The Morgan fingerprint density at radius 2 is 1.71 bits per heavy atom. The number of piperazine rings is 1. The number of anilines is 1.